The van der Waals surface area contributed by atoms with E-state index in [1.165, 1.54) is 43.5 Å². The number of allylic oxidation sites excluding steroid dienone is 8. The van der Waals surface area contributed by atoms with Crippen LogP contribution in [0.25, 0.3) is 10.5 Å². The number of hydrogen-bond donors (Lipinski definition) is 0. The van der Waals surface area contributed by atoms with Crippen molar-refractivity contribution >= 4 is 41.4 Å². The third kappa shape index (κ3) is 9.74. The first-order chi connectivity index (χ1) is 17.0. The van der Waals surface area contributed by atoms with Crippen LogP contribution in [0.4, 0.5) is 30.9 Å². The fourth-order valence-corrected chi connectivity index (χ4v) is 4.55. The summed E-state index contributed by atoms with van der Waals surface area (Å²) < 4.78 is 61.3. The summed E-state index contributed by atoms with van der Waals surface area (Å²) in [6.07, 6.45) is 13.4. The van der Waals surface area contributed by atoms with Crippen molar-refractivity contribution in [2.24, 2.45) is 0 Å². The van der Waals surface area contributed by atoms with Gasteiger partial charge in [0, 0.05) is 41.7 Å². The molecule has 0 radical (unpaired) electrons. The third-order valence-corrected chi connectivity index (χ3v) is 6.38. The van der Waals surface area contributed by atoms with Crippen LogP contribution in [0.5, 0.6) is 0 Å². The molecule has 1 aliphatic carbocycles. The molecule has 2 nitrogen and oxygen atoms in total. The summed E-state index contributed by atoms with van der Waals surface area (Å²) in [5.41, 5.74) is 7.39. The van der Waals surface area contributed by atoms with E-state index in [2.05, 4.69) is 129 Å². The van der Waals surface area contributed by atoms with Gasteiger partial charge in [-0.25, -0.2) is 4.58 Å². The maximum atomic E-state index is 9.87. The molecule has 2 aromatic carbocycles. The Morgan fingerprint density at radius 2 is 1.24 bits per heavy atom. The van der Waals surface area contributed by atoms with Gasteiger partial charge in [0.1, 0.15) is 14.1 Å². The van der Waals surface area contributed by atoms with Crippen LogP contribution >= 0.6 is 19.6 Å². The van der Waals surface area contributed by atoms with Gasteiger partial charge in [-0.05, 0) is 58.7 Å². The molecule has 0 fully saturated rings. The van der Waals surface area contributed by atoms with E-state index in [1.54, 1.807) is 0 Å². The van der Waals surface area contributed by atoms with E-state index in [9.17, 15) is 25.2 Å². The van der Waals surface area contributed by atoms with E-state index in [-0.39, 0.29) is 0 Å². The van der Waals surface area contributed by atoms with Crippen molar-refractivity contribution in [1.29, 1.82) is 0 Å². The molecule has 2 aromatic rings. The van der Waals surface area contributed by atoms with Gasteiger partial charge in [-0.3, -0.25) is 0 Å². The van der Waals surface area contributed by atoms with Gasteiger partial charge in [0.2, 0.25) is 0 Å². The molecular formula is C27H27F6N2PS. The number of nitrogens with zero attached hydrogens (tertiary/aromatic N) is 2. The van der Waals surface area contributed by atoms with Crippen molar-refractivity contribution in [3.8, 4) is 0 Å². The zero-order valence-corrected chi connectivity index (χ0v) is 22.4. The molecule has 4 rings (SSSR count). The summed E-state index contributed by atoms with van der Waals surface area (Å²) in [5, 5.41) is 0. The SMILES string of the molecule is CN(C)c1ccc(C2=CC(=C3C=CC(=[N+](C)C)C=C3)SC(c3ccccc3)=C2)cc1.F[P-](F)(F)(F)(F)F. The summed E-state index contributed by atoms with van der Waals surface area (Å²) in [6, 6.07) is 19.4. The number of benzene rings is 2. The summed E-state index contributed by atoms with van der Waals surface area (Å²) in [7, 11) is -2.37. The second-order valence-corrected chi connectivity index (χ2v) is 11.8. The Morgan fingerprint density at radius 1 is 0.703 bits per heavy atom. The molecule has 0 saturated carbocycles. The fraction of sp³-hybridized carbons (Fsp3) is 0.148. The molecule has 0 aromatic heterocycles. The predicted molar refractivity (Wildman–Crippen MR) is 147 cm³/mol. The van der Waals surface area contributed by atoms with E-state index >= 15 is 0 Å². The molecule has 0 unspecified atom stereocenters. The Balaban J connectivity index is 0.000000479. The molecule has 10 heteroatoms. The summed E-state index contributed by atoms with van der Waals surface area (Å²) >= 11 is 1.84. The molecule has 37 heavy (non-hydrogen) atoms. The molecule has 1 heterocycles. The van der Waals surface area contributed by atoms with E-state index in [4.69, 9.17) is 0 Å². The summed E-state index contributed by atoms with van der Waals surface area (Å²) in [4.78, 5) is 4.68. The second kappa shape index (κ2) is 10.0. The summed E-state index contributed by atoms with van der Waals surface area (Å²) in [5.74, 6) is 0. The number of hydrogen-bond acceptors (Lipinski definition) is 2. The second-order valence-electron chi connectivity index (χ2n) is 8.78. The van der Waals surface area contributed by atoms with Crippen LogP contribution in [-0.4, -0.2) is 38.5 Å². The average Bonchev–Trinajstić information content (AvgIpc) is 2.82. The van der Waals surface area contributed by atoms with Gasteiger partial charge in [0.15, 0.2) is 5.71 Å². The standard InChI is InChI=1S/C27H27N2S.F6P/c1-28(2)24-14-10-20(11-15-24)23-18-26(21-8-6-5-7-9-21)30-27(19-23)22-12-16-25(17-13-22)29(3)4;1-7(2,3,4,5)6/h5-19H,1-4H3;/q+1;-1. The number of anilines is 1. The van der Waals surface area contributed by atoms with E-state index in [1.807, 2.05) is 11.8 Å². The number of thioether (sulfide) groups is 1. The first-order valence-corrected chi connectivity index (χ1v) is 14.0. The molecule has 0 bridgehead atoms. The molecular weight excluding hydrogens is 529 g/mol. The van der Waals surface area contributed by atoms with E-state index in [0.29, 0.717) is 0 Å². The predicted octanol–water partition coefficient (Wildman–Crippen LogP) is 9.40. The number of rotatable bonds is 3. The van der Waals surface area contributed by atoms with Crippen molar-refractivity contribution in [3.63, 3.8) is 0 Å². The quantitative estimate of drug-likeness (QED) is 0.211. The van der Waals surface area contributed by atoms with Gasteiger partial charge in [-0.2, -0.15) is 0 Å². The van der Waals surface area contributed by atoms with Crippen LogP contribution in [0, 0.1) is 0 Å². The van der Waals surface area contributed by atoms with Crippen LogP contribution in [0.3, 0.4) is 0 Å². The van der Waals surface area contributed by atoms with Gasteiger partial charge < -0.3 is 4.90 Å². The van der Waals surface area contributed by atoms with E-state index in [0.717, 1.165) is 0 Å². The Labute approximate surface area is 216 Å². The van der Waals surface area contributed by atoms with Gasteiger partial charge in [-0.15, -0.1) is 0 Å². The topological polar surface area (TPSA) is 6.25 Å². The molecule has 0 amide bonds. The van der Waals surface area contributed by atoms with Crippen molar-refractivity contribution in [2.45, 2.75) is 0 Å². The van der Waals surface area contributed by atoms with Gasteiger partial charge in [0.25, 0.3) is 0 Å². The third-order valence-electron chi connectivity index (χ3n) is 5.24. The Bertz CT molecular complexity index is 1320. The van der Waals surface area contributed by atoms with Crippen LogP contribution in [0.15, 0.2) is 102 Å². The van der Waals surface area contributed by atoms with E-state index < -0.39 is 7.81 Å². The van der Waals surface area contributed by atoms with Crippen LogP contribution < -0.4 is 4.90 Å². The number of halogens is 6. The molecule has 0 spiro atoms. The molecule has 0 atom stereocenters. The van der Waals surface area contributed by atoms with Crippen molar-refractivity contribution in [3.05, 3.63) is 113 Å². The molecule has 2 aliphatic rings. The van der Waals surface area contributed by atoms with Crippen molar-refractivity contribution in [2.75, 3.05) is 33.1 Å². The first-order valence-electron chi connectivity index (χ1n) is 11.1. The van der Waals surface area contributed by atoms with Crippen LogP contribution in [0.2, 0.25) is 0 Å². The maximum absolute atomic E-state index is 10.7. The minimum atomic E-state index is -10.7. The molecule has 1 aliphatic heterocycles. The Kier molecular flexibility index (Phi) is 7.73. The van der Waals surface area contributed by atoms with Crippen LogP contribution in [-0.2, 0) is 0 Å². The van der Waals surface area contributed by atoms with Gasteiger partial charge >= 0.3 is 33.0 Å². The summed E-state index contributed by atoms with van der Waals surface area (Å²) in [6.45, 7) is 0. The minimum absolute atomic E-state index is 1.21. The first kappa shape index (κ1) is 28.5. The monoisotopic (exact) mass is 556 g/mol. The van der Waals surface area contributed by atoms with Gasteiger partial charge in [0.05, 0.1) is 0 Å². The van der Waals surface area contributed by atoms with Crippen LogP contribution in [0.1, 0.15) is 11.1 Å². The zero-order valence-electron chi connectivity index (χ0n) is 20.7. The zero-order chi connectivity index (χ0) is 27.5. The molecule has 198 valence electrons. The molecule has 0 N–H and O–H groups in total. The Hall–Kier alpha value is -3.03. The van der Waals surface area contributed by atoms with Crippen molar-refractivity contribution in [1.82, 2.24) is 0 Å². The van der Waals surface area contributed by atoms with Crippen molar-refractivity contribution < 1.29 is 29.8 Å². The van der Waals surface area contributed by atoms with Gasteiger partial charge in [-0.1, -0.05) is 54.2 Å². The Morgan fingerprint density at radius 3 is 1.73 bits per heavy atom. The average molecular weight is 557 g/mol. The normalized spacial score (nSPS) is 17.2. The molecule has 0 saturated heterocycles. The fourth-order valence-electron chi connectivity index (χ4n) is 3.43.